The predicted molar refractivity (Wildman–Crippen MR) is 88.1 cm³/mol. The lowest BCUT2D eigenvalue weighted by atomic mass is 10.0. The maximum Gasteiger partial charge on any atom is 0.410 e. The summed E-state index contributed by atoms with van der Waals surface area (Å²) in [6.45, 7) is 7.54. The molecule has 1 atom stereocenters. The molecule has 0 spiro atoms. The molecule has 1 amide bonds. The van der Waals surface area contributed by atoms with Crippen LogP contribution >= 0.6 is 0 Å². The van der Waals surface area contributed by atoms with E-state index < -0.39 is 5.60 Å². The van der Waals surface area contributed by atoms with Gasteiger partial charge in [-0.25, -0.2) is 4.79 Å². The molecule has 0 unspecified atom stereocenters. The number of piperazine rings is 1. The number of rotatable bonds is 3. The Kier molecular flexibility index (Phi) is 5.36. The molecule has 1 aliphatic heterocycles. The third kappa shape index (κ3) is 4.51. The Balaban J connectivity index is 2.10. The summed E-state index contributed by atoms with van der Waals surface area (Å²) < 4.78 is 16.1. The normalized spacial score (nSPS) is 18.5. The quantitative estimate of drug-likeness (QED) is 0.927. The lowest BCUT2D eigenvalue weighted by Crippen LogP contribution is -2.49. The molecule has 2 rings (SSSR count). The van der Waals surface area contributed by atoms with Crippen LogP contribution in [0.5, 0.6) is 11.5 Å². The molecular weight excluding hydrogens is 296 g/mol. The summed E-state index contributed by atoms with van der Waals surface area (Å²) in [4.78, 5) is 14.0. The van der Waals surface area contributed by atoms with Gasteiger partial charge in [-0.05, 0) is 38.5 Å². The topological polar surface area (TPSA) is 60.0 Å². The molecule has 1 heterocycles. The molecule has 128 valence electrons. The second-order valence-electron chi connectivity index (χ2n) is 6.55. The second kappa shape index (κ2) is 7.08. The fourth-order valence-electron chi connectivity index (χ4n) is 2.54. The van der Waals surface area contributed by atoms with Crippen molar-refractivity contribution in [2.24, 2.45) is 0 Å². The van der Waals surface area contributed by atoms with Crippen LogP contribution in [0.3, 0.4) is 0 Å². The van der Waals surface area contributed by atoms with Crippen LogP contribution in [-0.2, 0) is 4.74 Å². The van der Waals surface area contributed by atoms with E-state index in [1.165, 1.54) is 0 Å². The molecule has 1 N–H and O–H groups in total. The number of hydrogen-bond donors (Lipinski definition) is 1. The Morgan fingerprint density at radius 1 is 1.22 bits per heavy atom. The van der Waals surface area contributed by atoms with Crippen LogP contribution in [0.1, 0.15) is 32.4 Å². The molecule has 0 saturated carbocycles. The lowest BCUT2D eigenvalue weighted by Gasteiger charge is -2.35. The number of benzene rings is 1. The summed E-state index contributed by atoms with van der Waals surface area (Å²) >= 11 is 0. The van der Waals surface area contributed by atoms with Crippen LogP contribution in [0.2, 0.25) is 0 Å². The molecule has 1 aliphatic rings. The van der Waals surface area contributed by atoms with Crippen molar-refractivity contribution in [2.45, 2.75) is 32.4 Å². The Bertz CT molecular complexity index is 554. The van der Waals surface area contributed by atoms with Crippen molar-refractivity contribution < 1.29 is 19.0 Å². The van der Waals surface area contributed by atoms with Crippen LogP contribution in [0.25, 0.3) is 0 Å². The highest BCUT2D eigenvalue weighted by atomic mass is 16.6. The van der Waals surface area contributed by atoms with Gasteiger partial charge < -0.3 is 24.4 Å². The molecule has 1 aromatic carbocycles. The minimum atomic E-state index is -0.485. The van der Waals surface area contributed by atoms with Crippen LogP contribution in [0.4, 0.5) is 4.79 Å². The number of carbonyl (C=O) groups excluding carboxylic acids is 1. The summed E-state index contributed by atoms with van der Waals surface area (Å²) in [7, 11) is 3.23. The monoisotopic (exact) mass is 322 g/mol. The first-order chi connectivity index (χ1) is 10.8. The van der Waals surface area contributed by atoms with Gasteiger partial charge in [-0.1, -0.05) is 6.07 Å². The first kappa shape index (κ1) is 17.4. The molecular formula is C17H26N2O4. The van der Waals surface area contributed by atoms with Gasteiger partial charge in [0.25, 0.3) is 0 Å². The molecule has 0 bridgehead atoms. The van der Waals surface area contributed by atoms with Crippen LogP contribution < -0.4 is 14.8 Å². The van der Waals surface area contributed by atoms with Crippen molar-refractivity contribution >= 4 is 6.09 Å². The van der Waals surface area contributed by atoms with E-state index in [0.717, 1.165) is 12.1 Å². The Labute approximate surface area is 137 Å². The molecule has 6 heteroatoms. The van der Waals surface area contributed by atoms with Crippen LogP contribution in [0.15, 0.2) is 18.2 Å². The number of nitrogens with zero attached hydrogens (tertiary/aromatic N) is 1. The van der Waals surface area contributed by atoms with Gasteiger partial charge in [-0.2, -0.15) is 0 Å². The smallest absolute Gasteiger partial charge is 0.410 e. The highest BCUT2D eigenvalue weighted by Gasteiger charge is 2.28. The summed E-state index contributed by atoms with van der Waals surface area (Å²) in [6, 6.07) is 5.84. The molecule has 1 saturated heterocycles. The zero-order valence-electron chi connectivity index (χ0n) is 14.5. The first-order valence-corrected chi connectivity index (χ1v) is 7.77. The second-order valence-corrected chi connectivity index (χ2v) is 6.55. The number of methoxy groups -OCH3 is 2. The van der Waals surface area contributed by atoms with Gasteiger partial charge in [0.15, 0.2) is 11.5 Å². The summed E-state index contributed by atoms with van der Waals surface area (Å²) in [5.74, 6) is 1.37. The molecule has 0 radical (unpaired) electrons. The largest absolute Gasteiger partial charge is 0.493 e. The standard InChI is InChI=1S/C17H26N2O4/c1-17(2,3)23-16(20)19-9-8-18-13(11-19)12-6-7-14(21-4)15(10-12)22-5/h6-7,10,13,18H,8-9,11H2,1-5H3/t13-/m1/s1. The van der Waals surface area contributed by atoms with E-state index in [9.17, 15) is 4.79 Å². The van der Waals surface area contributed by atoms with E-state index in [-0.39, 0.29) is 12.1 Å². The number of ether oxygens (including phenoxy) is 3. The minimum absolute atomic E-state index is 0.0380. The minimum Gasteiger partial charge on any atom is -0.493 e. The van der Waals surface area contributed by atoms with Gasteiger partial charge in [-0.15, -0.1) is 0 Å². The van der Waals surface area contributed by atoms with Gasteiger partial charge in [-0.3, -0.25) is 0 Å². The fraction of sp³-hybridized carbons (Fsp3) is 0.588. The van der Waals surface area contributed by atoms with Crippen LogP contribution in [-0.4, -0.2) is 50.4 Å². The molecule has 0 aromatic heterocycles. The maximum atomic E-state index is 12.2. The van der Waals surface area contributed by atoms with E-state index in [4.69, 9.17) is 14.2 Å². The number of hydrogen-bond acceptors (Lipinski definition) is 5. The zero-order chi connectivity index (χ0) is 17.0. The van der Waals surface area contributed by atoms with E-state index >= 15 is 0 Å². The van der Waals surface area contributed by atoms with Crippen molar-refractivity contribution in [3.8, 4) is 11.5 Å². The maximum absolute atomic E-state index is 12.2. The van der Waals surface area contributed by atoms with Crippen molar-refractivity contribution in [3.05, 3.63) is 23.8 Å². The van der Waals surface area contributed by atoms with E-state index in [0.29, 0.717) is 24.6 Å². The molecule has 6 nitrogen and oxygen atoms in total. The number of nitrogens with one attached hydrogen (secondary N) is 1. The molecule has 0 aliphatic carbocycles. The average molecular weight is 322 g/mol. The molecule has 1 fully saturated rings. The third-order valence-corrected chi connectivity index (χ3v) is 3.64. The third-order valence-electron chi connectivity index (χ3n) is 3.64. The number of carbonyl (C=O) groups is 1. The van der Waals surface area contributed by atoms with Gasteiger partial charge in [0.05, 0.1) is 20.3 Å². The molecule has 23 heavy (non-hydrogen) atoms. The average Bonchev–Trinajstić information content (AvgIpc) is 2.52. The summed E-state index contributed by atoms with van der Waals surface area (Å²) in [5.41, 5.74) is 0.566. The Hall–Kier alpha value is -1.95. The zero-order valence-corrected chi connectivity index (χ0v) is 14.5. The highest BCUT2D eigenvalue weighted by molar-refractivity contribution is 5.68. The van der Waals surface area contributed by atoms with Crippen molar-refractivity contribution in [2.75, 3.05) is 33.9 Å². The highest BCUT2D eigenvalue weighted by Crippen LogP contribution is 2.31. The van der Waals surface area contributed by atoms with Crippen molar-refractivity contribution in [1.29, 1.82) is 0 Å². The Morgan fingerprint density at radius 2 is 1.91 bits per heavy atom. The molecule has 1 aromatic rings. The van der Waals surface area contributed by atoms with Gasteiger partial charge in [0.1, 0.15) is 5.60 Å². The first-order valence-electron chi connectivity index (χ1n) is 7.77. The Morgan fingerprint density at radius 3 is 2.52 bits per heavy atom. The lowest BCUT2D eigenvalue weighted by molar-refractivity contribution is 0.0195. The fourth-order valence-corrected chi connectivity index (χ4v) is 2.54. The SMILES string of the molecule is COc1ccc([C@H]2CN(C(=O)OC(C)(C)C)CCN2)cc1OC. The van der Waals surface area contributed by atoms with Gasteiger partial charge in [0, 0.05) is 19.6 Å². The summed E-state index contributed by atoms with van der Waals surface area (Å²) in [6.07, 6.45) is -0.274. The van der Waals surface area contributed by atoms with E-state index in [1.54, 1.807) is 19.1 Å². The van der Waals surface area contributed by atoms with Gasteiger partial charge in [0.2, 0.25) is 0 Å². The van der Waals surface area contributed by atoms with E-state index in [1.807, 2.05) is 39.0 Å². The summed E-state index contributed by atoms with van der Waals surface area (Å²) in [5, 5.41) is 3.43. The van der Waals surface area contributed by atoms with E-state index in [2.05, 4.69) is 5.32 Å². The van der Waals surface area contributed by atoms with Crippen LogP contribution in [0, 0.1) is 0 Å². The van der Waals surface area contributed by atoms with Crippen molar-refractivity contribution in [3.63, 3.8) is 0 Å². The predicted octanol–water partition coefficient (Wildman–Crippen LogP) is 2.59. The van der Waals surface area contributed by atoms with Gasteiger partial charge >= 0.3 is 6.09 Å². The number of amides is 1. The van der Waals surface area contributed by atoms with Crippen molar-refractivity contribution in [1.82, 2.24) is 10.2 Å².